The highest BCUT2D eigenvalue weighted by Gasteiger charge is 2.28. The quantitative estimate of drug-likeness (QED) is 0.461. The molecule has 8 heteroatoms. The SMILES string of the molecule is O=[N+]([O-])c1ccc(N2CCCCC2)c2c1no[n+]2[O-]. The van der Waals surface area contributed by atoms with Gasteiger partial charge < -0.3 is 10.1 Å². The highest BCUT2D eigenvalue weighted by Crippen LogP contribution is 2.31. The number of fused-ring (bicyclic) bond motifs is 1. The predicted molar refractivity (Wildman–Crippen MR) is 65.7 cm³/mol. The Balaban J connectivity index is 2.17. The van der Waals surface area contributed by atoms with Gasteiger partial charge in [-0.05, 0) is 30.2 Å². The second-order valence-electron chi connectivity index (χ2n) is 4.54. The molecule has 1 aromatic heterocycles. The smallest absolute Gasteiger partial charge is 0.327 e. The van der Waals surface area contributed by atoms with Crippen molar-refractivity contribution >= 4 is 22.4 Å². The van der Waals surface area contributed by atoms with Crippen LogP contribution >= 0.6 is 0 Å². The number of nitro groups is 1. The summed E-state index contributed by atoms with van der Waals surface area (Å²) in [4.78, 5) is 12.6. The number of anilines is 1. The number of rotatable bonds is 2. The van der Waals surface area contributed by atoms with Gasteiger partial charge in [0.2, 0.25) is 0 Å². The molecule has 3 rings (SSSR count). The Morgan fingerprint density at radius 3 is 2.74 bits per heavy atom. The summed E-state index contributed by atoms with van der Waals surface area (Å²) in [6.07, 6.45) is 3.25. The molecule has 19 heavy (non-hydrogen) atoms. The van der Waals surface area contributed by atoms with E-state index in [9.17, 15) is 15.3 Å². The minimum absolute atomic E-state index is 0.00285. The number of benzene rings is 1. The van der Waals surface area contributed by atoms with Crippen LogP contribution in [0.5, 0.6) is 0 Å². The second kappa shape index (κ2) is 4.38. The van der Waals surface area contributed by atoms with Crippen molar-refractivity contribution in [1.82, 2.24) is 5.16 Å². The van der Waals surface area contributed by atoms with Crippen molar-refractivity contribution in [2.75, 3.05) is 18.0 Å². The molecule has 100 valence electrons. The van der Waals surface area contributed by atoms with E-state index < -0.39 is 4.92 Å². The van der Waals surface area contributed by atoms with E-state index >= 15 is 0 Å². The number of non-ortho nitro benzene ring substituents is 1. The van der Waals surface area contributed by atoms with Gasteiger partial charge in [-0.2, -0.15) is 0 Å². The third-order valence-electron chi connectivity index (χ3n) is 3.39. The Morgan fingerprint density at radius 2 is 2.05 bits per heavy atom. The van der Waals surface area contributed by atoms with Crippen molar-refractivity contribution in [3.63, 3.8) is 0 Å². The van der Waals surface area contributed by atoms with E-state index in [1.54, 1.807) is 6.07 Å². The minimum atomic E-state index is -0.565. The molecule has 1 aliphatic rings. The van der Waals surface area contributed by atoms with Crippen LogP contribution in [-0.2, 0) is 0 Å². The van der Waals surface area contributed by atoms with Gasteiger partial charge in [-0.25, -0.2) is 0 Å². The van der Waals surface area contributed by atoms with E-state index in [0.717, 1.165) is 32.4 Å². The number of hydrogen-bond acceptors (Lipinski definition) is 6. The van der Waals surface area contributed by atoms with Crippen LogP contribution in [0.2, 0.25) is 0 Å². The summed E-state index contributed by atoms with van der Waals surface area (Å²) in [5, 5.41) is 26.1. The normalized spacial score (nSPS) is 15.9. The van der Waals surface area contributed by atoms with Crippen LogP contribution < -0.4 is 9.80 Å². The summed E-state index contributed by atoms with van der Waals surface area (Å²) in [5.41, 5.74) is 0.574. The molecule has 0 saturated carbocycles. The Labute approximate surface area is 107 Å². The van der Waals surface area contributed by atoms with Gasteiger partial charge in [0.15, 0.2) is 0 Å². The van der Waals surface area contributed by atoms with Gasteiger partial charge in [0.05, 0.1) is 15.8 Å². The first-order chi connectivity index (χ1) is 9.18. The summed E-state index contributed by atoms with van der Waals surface area (Å²) in [7, 11) is 0. The molecule has 0 atom stereocenters. The third-order valence-corrected chi connectivity index (χ3v) is 3.39. The molecular formula is C11H12N4O4. The van der Waals surface area contributed by atoms with Crippen LogP contribution in [0.25, 0.3) is 11.0 Å². The molecule has 0 radical (unpaired) electrons. The second-order valence-corrected chi connectivity index (χ2v) is 4.54. The maximum absolute atomic E-state index is 11.7. The fourth-order valence-corrected chi connectivity index (χ4v) is 2.48. The number of piperidine rings is 1. The monoisotopic (exact) mass is 264 g/mol. The fourth-order valence-electron chi connectivity index (χ4n) is 2.48. The van der Waals surface area contributed by atoms with Gasteiger partial charge in [0, 0.05) is 19.2 Å². The lowest BCUT2D eigenvalue weighted by molar-refractivity contribution is -0.782. The van der Waals surface area contributed by atoms with E-state index in [4.69, 9.17) is 0 Å². The predicted octanol–water partition coefficient (Wildman–Crippen LogP) is 1.36. The number of aromatic nitrogens is 2. The molecule has 0 bridgehead atoms. The van der Waals surface area contributed by atoms with Crippen molar-refractivity contribution < 1.29 is 14.5 Å². The highest BCUT2D eigenvalue weighted by molar-refractivity contribution is 5.91. The van der Waals surface area contributed by atoms with Crippen molar-refractivity contribution in [3.05, 3.63) is 27.5 Å². The van der Waals surface area contributed by atoms with E-state index in [2.05, 4.69) is 9.79 Å². The Hall–Kier alpha value is -2.38. The van der Waals surface area contributed by atoms with Crippen LogP contribution in [0.15, 0.2) is 16.8 Å². The van der Waals surface area contributed by atoms with Crippen LogP contribution in [0.3, 0.4) is 0 Å². The zero-order chi connectivity index (χ0) is 13.4. The van der Waals surface area contributed by atoms with E-state index in [1.165, 1.54) is 6.07 Å². The number of hydrogen-bond donors (Lipinski definition) is 0. The lowest BCUT2D eigenvalue weighted by atomic mass is 10.1. The first kappa shape index (κ1) is 11.7. The highest BCUT2D eigenvalue weighted by atomic mass is 16.8. The van der Waals surface area contributed by atoms with Gasteiger partial charge in [-0.3, -0.25) is 14.7 Å². The molecule has 1 aromatic carbocycles. The molecule has 0 N–H and O–H groups in total. The number of nitrogens with zero attached hydrogens (tertiary/aromatic N) is 4. The van der Waals surface area contributed by atoms with E-state index in [1.807, 2.05) is 4.90 Å². The summed E-state index contributed by atoms with van der Waals surface area (Å²) >= 11 is 0. The van der Waals surface area contributed by atoms with Crippen LogP contribution in [-0.4, -0.2) is 23.2 Å². The lowest BCUT2D eigenvalue weighted by Gasteiger charge is -2.28. The molecule has 1 aliphatic heterocycles. The molecule has 2 aromatic rings. The number of nitro benzene ring substituents is 1. The zero-order valence-electron chi connectivity index (χ0n) is 10.1. The maximum atomic E-state index is 11.7. The standard InChI is InChI=1S/C11H12N4O4/c16-14(17)8-4-5-9(13-6-2-1-3-7-13)11-10(8)12-19-15(11)18/h4-5H,1-3,6-7H2. The summed E-state index contributed by atoms with van der Waals surface area (Å²) in [6.45, 7) is 1.66. The average Bonchev–Trinajstić information content (AvgIpc) is 2.81. The van der Waals surface area contributed by atoms with Crippen molar-refractivity contribution in [3.8, 4) is 0 Å². The van der Waals surface area contributed by atoms with Crippen LogP contribution in [0, 0.1) is 15.3 Å². The Morgan fingerprint density at radius 1 is 1.32 bits per heavy atom. The topological polar surface area (TPSA) is 99.3 Å². The molecule has 8 nitrogen and oxygen atoms in total. The molecule has 1 saturated heterocycles. The molecule has 0 unspecified atom stereocenters. The van der Waals surface area contributed by atoms with Gasteiger partial charge in [-0.15, -0.1) is 0 Å². The fraction of sp³-hybridized carbons (Fsp3) is 0.455. The first-order valence-corrected chi connectivity index (χ1v) is 6.10. The first-order valence-electron chi connectivity index (χ1n) is 6.10. The molecular weight excluding hydrogens is 252 g/mol. The van der Waals surface area contributed by atoms with Crippen molar-refractivity contribution in [1.29, 1.82) is 0 Å². The molecule has 1 fully saturated rings. The third kappa shape index (κ3) is 1.85. The average molecular weight is 264 g/mol. The van der Waals surface area contributed by atoms with Gasteiger partial charge in [0.1, 0.15) is 0 Å². The van der Waals surface area contributed by atoms with E-state index in [0.29, 0.717) is 5.69 Å². The summed E-state index contributed by atoms with van der Waals surface area (Å²) in [5.74, 6) is 0. The summed E-state index contributed by atoms with van der Waals surface area (Å²) < 4.78 is 4.52. The van der Waals surface area contributed by atoms with Crippen molar-refractivity contribution in [2.24, 2.45) is 0 Å². The van der Waals surface area contributed by atoms with Crippen LogP contribution in [0.4, 0.5) is 11.4 Å². The van der Waals surface area contributed by atoms with Crippen molar-refractivity contribution in [2.45, 2.75) is 19.3 Å². The Bertz CT molecular complexity index is 633. The maximum Gasteiger partial charge on any atom is 0.327 e. The molecule has 0 amide bonds. The lowest BCUT2D eigenvalue weighted by Crippen LogP contribution is -2.32. The zero-order valence-corrected chi connectivity index (χ0v) is 10.1. The largest absolute Gasteiger partial charge is 0.368 e. The Kier molecular flexibility index (Phi) is 2.69. The summed E-state index contributed by atoms with van der Waals surface area (Å²) in [6, 6.07) is 2.96. The van der Waals surface area contributed by atoms with E-state index in [-0.39, 0.29) is 21.6 Å². The molecule has 2 heterocycles. The van der Waals surface area contributed by atoms with Gasteiger partial charge in [-0.1, -0.05) is 0 Å². The molecule has 0 aliphatic carbocycles. The molecule has 0 spiro atoms. The minimum Gasteiger partial charge on any atom is -0.368 e. The van der Waals surface area contributed by atoms with Gasteiger partial charge >= 0.3 is 11.2 Å². The van der Waals surface area contributed by atoms with Crippen LogP contribution in [0.1, 0.15) is 19.3 Å². The van der Waals surface area contributed by atoms with Gasteiger partial charge in [0.25, 0.3) is 5.52 Å².